The summed E-state index contributed by atoms with van der Waals surface area (Å²) in [5, 5.41) is 0. The summed E-state index contributed by atoms with van der Waals surface area (Å²) in [5.41, 5.74) is 4.50. The predicted molar refractivity (Wildman–Crippen MR) is 25.3 cm³/mol. The molecule has 0 bridgehead atoms. The van der Waals surface area contributed by atoms with Crippen molar-refractivity contribution in [3.8, 4) is 0 Å². The van der Waals surface area contributed by atoms with Crippen LogP contribution in [0.1, 0.15) is 0 Å². The van der Waals surface area contributed by atoms with Crippen molar-refractivity contribution in [2.75, 3.05) is 6.26 Å². The van der Waals surface area contributed by atoms with E-state index in [-0.39, 0.29) is 0 Å². The van der Waals surface area contributed by atoms with Gasteiger partial charge in [-0.25, -0.2) is 0 Å². The Morgan fingerprint density at radius 1 is 2.00 bits per heavy atom. The zero-order chi connectivity index (χ0) is 5.21. The van der Waals surface area contributed by atoms with Crippen molar-refractivity contribution < 1.29 is 9.46 Å². The molecule has 1 unspecified atom stereocenters. The van der Waals surface area contributed by atoms with Gasteiger partial charge in [-0.3, -0.25) is 5.50 Å². The van der Waals surface area contributed by atoms with Gasteiger partial charge in [0, 0.05) is 0 Å². The Hall–Kier alpha value is 0.500. The lowest BCUT2D eigenvalue weighted by molar-refractivity contribution is -0.167. The molecule has 0 fully saturated rings. The van der Waals surface area contributed by atoms with Gasteiger partial charge in [0.05, 0.1) is 0 Å². The van der Waals surface area contributed by atoms with E-state index in [0.29, 0.717) is 11.4 Å². The Morgan fingerprint density at radius 3 is 2.17 bits per heavy atom. The Kier molecular flexibility index (Phi) is 2.15. The lowest BCUT2D eigenvalue weighted by Gasteiger charge is -2.10. The minimum absolute atomic E-state index is 0.660. The largest absolute Gasteiger partial charge is 0.780 e. The molecule has 0 spiro atoms. The van der Waals surface area contributed by atoms with Gasteiger partial charge in [0.15, 0.2) is 0 Å². The van der Waals surface area contributed by atoms with E-state index in [4.69, 9.17) is 0 Å². The smallest absolute Gasteiger partial charge is 0.129 e. The van der Waals surface area contributed by atoms with Crippen molar-refractivity contribution in [3.05, 3.63) is 0 Å². The molecular formula is CH5NO2PS-. The molecule has 0 aromatic heterocycles. The molecule has 0 aromatic carbocycles. The Balaban J connectivity index is 3.48. The Morgan fingerprint density at radius 2 is 2.17 bits per heavy atom. The minimum Gasteiger partial charge on any atom is -0.780 e. The summed E-state index contributed by atoms with van der Waals surface area (Å²) in [6.45, 7) is -3.48. The van der Waals surface area contributed by atoms with Gasteiger partial charge in [0.25, 0.3) is 0 Å². The quantitative estimate of drug-likeness (QED) is 0.493. The van der Waals surface area contributed by atoms with Gasteiger partial charge in [-0.15, -0.1) is 0 Å². The maximum atomic E-state index is 9.77. The molecule has 0 radical (unpaired) electrons. The number of rotatable bonds is 1. The van der Waals surface area contributed by atoms with Crippen molar-refractivity contribution >= 4 is 18.1 Å². The average molecular weight is 126 g/mol. The molecule has 38 valence electrons. The van der Waals surface area contributed by atoms with Crippen LogP contribution in [-0.4, -0.2) is 6.26 Å². The molecule has 0 saturated carbocycles. The fourth-order valence-corrected chi connectivity index (χ4v) is 0. The standard InChI is InChI=1S/CH6NO2PS/c1-6-5(2,3)4/h1H3,(H3,2,3,4)/p-1. The Labute approximate surface area is 40.2 Å². The van der Waals surface area contributed by atoms with E-state index in [1.807, 2.05) is 0 Å². The highest BCUT2D eigenvalue weighted by atomic mass is 32.7. The van der Waals surface area contributed by atoms with Crippen molar-refractivity contribution in [1.29, 1.82) is 0 Å². The third kappa shape index (κ3) is 4.50. The first kappa shape index (κ1) is 6.50. The maximum absolute atomic E-state index is 9.77. The van der Waals surface area contributed by atoms with Crippen molar-refractivity contribution in [2.24, 2.45) is 5.50 Å². The monoisotopic (exact) mass is 126 g/mol. The molecule has 0 heterocycles. The molecule has 6 heavy (non-hydrogen) atoms. The van der Waals surface area contributed by atoms with E-state index in [0.717, 1.165) is 0 Å². The van der Waals surface area contributed by atoms with E-state index in [1.165, 1.54) is 6.26 Å². The van der Waals surface area contributed by atoms with Crippen molar-refractivity contribution in [2.45, 2.75) is 0 Å². The third-order valence-electron chi connectivity index (χ3n) is 0.254. The topological polar surface area (TPSA) is 66.2 Å². The highest BCUT2D eigenvalue weighted by Gasteiger charge is 1.88. The molecular weight excluding hydrogens is 121 g/mol. The second kappa shape index (κ2) is 1.98. The summed E-state index contributed by atoms with van der Waals surface area (Å²) in [7, 11) is 0. The summed E-state index contributed by atoms with van der Waals surface area (Å²) in [5.74, 6) is 0. The number of hydrogen-bond donors (Lipinski definition) is 1. The molecule has 0 aliphatic rings. The number of nitrogens with two attached hydrogens (primary N) is 1. The SMILES string of the molecule is CSP(N)(=O)[O-]. The maximum Gasteiger partial charge on any atom is 0.129 e. The van der Waals surface area contributed by atoms with Crippen LogP contribution in [0.3, 0.4) is 0 Å². The first-order valence-corrected chi connectivity index (χ1v) is 4.74. The third-order valence-corrected chi connectivity index (χ3v) is 2.29. The van der Waals surface area contributed by atoms with Gasteiger partial charge in [-0.05, 0) is 6.26 Å². The second-order valence-electron chi connectivity index (χ2n) is 0.722. The van der Waals surface area contributed by atoms with Crippen LogP contribution in [0.2, 0.25) is 0 Å². The molecule has 0 aliphatic carbocycles. The van der Waals surface area contributed by atoms with Crippen LogP contribution >= 0.6 is 18.1 Å². The van der Waals surface area contributed by atoms with Gasteiger partial charge in [-0.2, -0.15) is 0 Å². The van der Waals surface area contributed by atoms with Gasteiger partial charge in [0.1, 0.15) is 6.72 Å². The van der Waals surface area contributed by atoms with Gasteiger partial charge < -0.3 is 9.46 Å². The van der Waals surface area contributed by atoms with E-state index >= 15 is 0 Å². The zero-order valence-electron chi connectivity index (χ0n) is 3.25. The van der Waals surface area contributed by atoms with Crippen LogP contribution in [0.4, 0.5) is 0 Å². The van der Waals surface area contributed by atoms with E-state index in [1.54, 1.807) is 0 Å². The molecule has 1 atom stereocenters. The molecule has 3 nitrogen and oxygen atoms in total. The molecule has 0 aromatic rings. The van der Waals surface area contributed by atoms with E-state index in [9.17, 15) is 9.46 Å². The van der Waals surface area contributed by atoms with Crippen molar-refractivity contribution in [3.63, 3.8) is 0 Å². The molecule has 0 rings (SSSR count). The molecule has 5 heteroatoms. The number of hydrogen-bond acceptors (Lipinski definition) is 3. The summed E-state index contributed by atoms with van der Waals surface area (Å²) >= 11 is 0.660. The van der Waals surface area contributed by atoms with Gasteiger partial charge >= 0.3 is 0 Å². The van der Waals surface area contributed by atoms with Crippen LogP contribution < -0.4 is 10.4 Å². The Bertz CT molecular complexity index is 77.6. The molecule has 0 saturated heterocycles. The fraction of sp³-hybridized carbons (Fsp3) is 1.00. The van der Waals surface area contributed by atoms with Crippen LogP contribution in [0.15, 0.2) is 0 Å². The summed E-state index contributed by atoms with van der Waals surface area (Å²) in [4.78, 5) is 9.77. The molecule has 0 aliphatic heterocycles. The average Bonchev–Trinajstić information content (AvgIpc) is 1.35. The van der Waals surface area contributed by atoms with Crippen LogP contribution in [0, 0.1) is 0 Å². The summed E-state index contributed by atoms with van der Waals surface area (Å²) < 4.78 is 9.77. The van der Waals surface area contributed by atoms with Gasteiger partial charge in [0.2, 0.25) is 0 Å². The molecule has 0 amide bonds. The first-order valence-electron chi connectivity index (χ1n) is 1.21. The second-order valence-corrected chi connectivity index (χ2v) is 4.79. The van der Waals surface area contributed by atoms with Crippen LogP contribution in [0.25, 0.3) is 0 Å². The highest BCUT2D eigenvalue weighted by Crippen LogP contribution is 2.38. The van der Waals surface area contributed by atoms with Crippen LogP contribution in [0.5, 0.6) is 0 Å². The summed E-state index contributed by atoms with van der Waals surface area (Å²) in [6.07, 6.45) is 1.42. The van der Waals surface area contributed by atoms with E-state index < -0.39 is 6.72 Å². The lowest BCUT2D eigenvalue weighted by Crippen LogP contribution is -2.03. The summed E-state index contributed by atoms with van der Waals surface area (Å²) in [6, 6.07) is 0. The van der Waals surface area contributed by atoms with Crippen LogP contribution in [-0.2, 0) is 4.57 Å². The zero-order valence-corrected chi connectivity index (χ0v) is 4.96. The highest BCUT2D eigenvalue weighted by molar-refractivity contribution is 8.54. The van der Waals surface area contributed by atoms with Gasteiger partial charge in [-0.1, -0.05) is 11.4 Å². The van der Waals surface area contributed by atoms with E-state index in [2.05, 4.69) is 5.50 Å². The van der Waals surface area contributed by atoms with Crippen molar-refractivity contribution in [1.82, 2.24) is 0 Å². The fourth-order valence-electron chi connectivity index (χ4n) is 0. The minimum atomic E-state index is -3.48. The lowest BCUT2D eigenvalue weighted by atomic mass is 12.0. The first-order chi connectivity index (χ1) is 2.56. The normalized spacial score (nSPS) is 19.8. The molecule has 2 N–H and O–H groups in total. The predicted octanol–water partition coefficient (Wildman–Crippen LogP) is -0.224.